The number of carbonyl (C=O) groups is 1. The van der Waals surface area contributed by atoms with Crippen LogP contribution in [0.1, 0.15) is 29.8 Å². The first-order valence-corrected chi connectivity index (χ1v) is 9.40. The average molecular weight is 358 g/mol. The largest absolute Gasteiger partial charge is 0.388 e. The number of morpholine rings is 1. The van der Waals surface area contributed by atoms with Crippen molar-refractivity contribution in [2.75, 3.05) is 45.9 Å². The Morgan fingerprint density at radius 1 is 1.19 bits per heavy atom. The average Bonchev–Trinajstić information content (AvgIpc) is 2.99. The SMILES string of the molecule is O=C(c1n[nH]c2ccccc12)N1CCC[C@](O)(CN2CCOCC2)CC1. The monoisotopic (exact) mass is 358 g/mol. The van der Waals surface area contributed by atoms with Crippen LogP contribution in [0, 0.1) is 0 Å². The Bertz CT molecular complexity index is 771. The number of aromatic amines is 1. The second-order valence-corrected chi connectivity index (χ2v) is 7.38. The van der Waals surface area contributed by atoms with Crippen molar-refractivity contribution in [3.8, 4) is 0 Å². The van der Waals surface area contributed by atoms with Crippen molar-refractivity contribution in [3.05, 3.63) is 30.0 Å². The van der Waals surface area contributed by atoms with Gasteiger partial charge in [0, 0.05) is 38.1 Å². The molecule has 1 aromatic heterocycles. The highest BCUT2D eigenvalue weighted by atomic mass is 16.5. The molecule has 4 rings (SSSR count). The number of nitrogens with one attached hydrogen (secondary N) is 1. The molecule has 2 fully saturated rings. The quantitative estimate of drug-likeness (QED) is 0.863. The number of aromatic nitrogens is 2. The first-order chi connectivity index (χ1) is 12.6. The molecule has 2 N–H and O–H groups in total. The van der Waals surface area contributed by atoms with E-state index in [0.717, 1.165) is 50.0 Å². The molecular formula is C19H26N4O3. The maximum atomic E-state index is 13.0. The van der Waals surface area contributed by atoms with Crippen LogP contribution in [-0.4, -0.2) is 82.5 Å². The first-order valence-electron chi connectivity index (χ1n) is 9.40. The lowest BCUT2D eigenvalue weighted by Crippen LogP contribution is -2.48. The highest BCUT2D eigenvalue weighted by molar-refractivity contribution is 6.04. The number of fused-ring (bicyclic) bond motifs is 1. The Labute approximate surface area is 152 Å². The van der Waals surface area contributed by atoms with Crippen molar-refractivity contribution in [2.24, 2.45) is 0 Å². The lowest BCUT2D eigenvalue weighted by molar-refractivity contribution is -0.0389. The molecule has 7 heteroatoms. The summed E-state index contributed by atoms with van der Waals surface area (Å²) < 4.78 is 5.39. The zero-order valence-electron chi connectivity index (χ0n) is 15.0. The molecule has 0 bridgehead atoms. The van der Waals surface area contributed by atoms with Crippen molar-refractivity contribution < 1.29 is 14.6 Å². The first kappa shape index (κ1) is 17.5. The third-order valence-corrected chi connectivity index (χ3v) is 5.50. The summed E-state index contributed by atoms with van der Waals surface area (Å²) in [6.45, 7) is 5.06. The molecule has 0 spiro atoms. The highest BCUT2D eigenvalue weighted by Gasteiger charge is 2.34. The summed E-state index contributed by atoms with van der Waals surface area (Å²) in [6.07, 6.45) is 2.11. The van der Waals surface area contributed by atoms with Crippen molar-refractivity contribution in [1.82, 2.24) is 20.0 Å². The summed E-state index contributed by atoms with van der Waals surface area (Å²) in [6, 6.07) is 7.67. The van der Waals surface area contributed by atoms with Crippen LogP contribution in [0.25, 0.3) is 10.9 Å². The van der Waals surface area contributed by atoms with Gasteiger partial charge in [-0.15, -0.1) is 0 Å². The maximum absolute atomic E-state index is 13.0. The van der Waals surface area contributed by atoms with Gasteiger partial charge in [-0.2, -0.15) is 5.10 Å². The van der Waals surface area contributed by atoms with Crippen LogP contribution in [0.15, 0.2) is 24.3 Å². The van der Waals surface area contributed by atoms with E-state index >= 15 is 0 Å². The number of benzene rings is 1. The van der Waals surface area contributed by atoms with Gasteiger partial charge >= 0.3 is 0 Å². The molecule has 1 atom stereocenters. The van der Waals surface area contributed by atoms with Crippen LogP contribution in [0.3, 0.4) is 0 Å². The Morgan fingerprint density at radius 2 is 2.00 bits per heavy atom. The van der Waals surface area contributed by atoms with Crippen LogP contribution >= 0.6 is 0 Å². The zero-order valence-corrected chi connectivity index (χ0v) is 15.0. The zero-order chi connectivity index (χ0) is 18.0. The number of hydrogen-bond donors (Lipinski definition) is 2. The summed E-state index contributed by atoms with van der Waals surface area (Å²) in [5.41, 5.74) is 0.605. The van der Waals surface area contributed by atoms with Gasteiger partial charge in [-0.3, -0.25) is 14.8 Å². The molecule has 7 nitrogen and oxygen atoms in total. The van der Waals surface area contributed by atoms with Gasteiger partial charge in [-0.1, -0.05) is 18.2 Å². The number of nitrogens with zero attached hydrogens (tertiary/aromatic N) is 3. The summed E-state index contributed by atoms with van der Waals surface area (Å²) in [4.78, 5) is 17.1. The Balaban J connectivity index is 1.43. The molecule has 1 amide bonds. The Kier molecular flexibility index (Phi) is 4.93. The van der Waals surface area contributed by atoms with Crippen molar-refractivity contribution in [3.63, 3.8) is 0 Å². The highest BCUT2D eigenvalue weighted by Crippen LogP contribution is 2.26. The van der Waals surface area contributed by atoms with E-state index < -0.39 is 5.60 Å². The van der Waals surface area contributed by atoms with Gasteiger partial charge in [0.2, 0.25) is 0 Å². The van der Waals surface area contributed by atoms with E-state index in [1.165, 1.54) is 0 Å². The second-order valence-electron chi connectivity index (χ2n) is 7.38. The van der Waals surface area contributed by atoms with Gasteiger partial charge in [0.05, 0.1) is 24.3 Å². The minimum absolute atomic E-state index is 0.0573. The molecule has 2 aromatic rings. The minimum atomic E-state index is -0.736. The summed E-state index contributed by atoms with van der Waals surface area (Å²) >= 11 is 0. The predicted molar refractivity (Wildman–Crippen MR) is 98.1 cm³/mol. The molecule has 2 aliphatic heterocycles. The normalized spacial score (nSPS) is 25.3. The van der Waals surface area contributed by atoms with Gasteiger partial charge in [0.25, 0.3) is 5.91 Å². The molecule has 2 saturated heterocycles. The number of para-hydroxylation sites is 1. The number of carbonyl (C=O) groups excluding carboxylic acids is 1. The number of amides is 1. The molecule has 0 radical (unpaired) electrons. The number of hydrogen-bond acceptors (Lipinski definition) is 5. The number of likely N-dealkylation sites (tertiary alicyclic amines) is 1. The topological polar surface area (TPSA) is 81.7 Å². The van der Waals surface area contributed by atoms with E-state index in [9.17, 15) is 9.90 Å². The molecule has 0 unspecified atom stereocenters. The minimum Gasteiger partial charge on any atom is -0.388 e. The molecule has 2 aliphatic rings. The van der Waals surface area contributed by atoms with Crippen LogP contribution in [0.5, 0.6) is 0 Å². The van der Waals surface area contributed by atoms with Crippen LogP contribution in [0.2, 0.25) is 0 Å². The fourth-order valence-electron chi connectivity index (χ4n) is 3.99. The van der Waals surface area contributed by atoms with Crippen LogP contribution < -0.4 is 0 Å². The molecule has 0 aliphatic carbocycles. The number of ether oxygens (including phenoxy) is 1. The second kappa shape index (κ2) is 7.34. The number of β-amino-alcohol motifs (C(OH)–C–C–N with tert-alkyl or cyclic N) is 1. The van der Waals surface area contributed by atoms with Gasteiger partial charge in [-0.25, -0.2) is 0 Å². The van der Waals surface area contributed by atoms with Gasteiger partial charge in [0.15, 0.2) is 5.69 Å². The smallest absolute Gasteiger partial charge is 0.274 e. The lowest BCUT2D eigenvalue weighted by atomic mass is 9.94. The molecule has 26 heavy (non-hydrogen) atoms. The van der Waals surface area contributed by atoms with E-state index in [1.807, 2.05) is 29.2 Å². The van der Waals surface area contributed by atoms with Crippen LogP contribution in [-0.2, 0) is 4.74 Å². The summed E-state index contributed by atoms with van der Waals surface area (Å²) in [5, 5.41) is 19.1. The van der Waals surface area contributed by atoms with Gasteiger partial charge in [-0.05, 0) is 25.3 Å². The van der Waals surface area contributed by atoms with E-state index in [-0.39, 0.29) is 5.91 Å². The van der Waals surface area contributed by atoms with E-state index in [2.05, 4.69) is 15.1 Å². The standard InChI is InChI=1S/C19H26N4O3/c24-18(17-15-4-1-2-5-16(15)20-21-17)23-8-3-6-19(25,7-9-23)14-22-10-12-26-13-11-22/h1-2,4-5,25H,3,6-14H2,(H,20,21)/t19-/m1/s1. The summed E-state index contributed by atoms with van der Waals surface area (Å²) in [7, 11) is 0. The third kappa shape index (κ3) is 3.60. The third-order valence-electron chi connectivity index (χ3n) is 5.50. The van der Waals surface area contributed by atoms with E-state index in [1.54, 1.807) is 0 Å². The Hall–Kier alpha value is -1.96. The van der Waals surface area contributed by atoms with Gasteiger partial charge < -0.3 is 14.7 Å². The number of H-pyrrole nitrogens is 1. The molecule has 1 aromatic carbocycles. The van der Waals surface area contributed by atoms with E-state index in [4.69, 9.17) is 4.74 Å². The van der Waals surface area contributed by atoms with Crippen molar-refractivity contribution in [2.45, 2.75) is 24.9 Å². The molecule has 3 heterocycles. The molecule has 0 saturated carbocycles. The predicted octanol–water partition coefficient (Wildman–Crippen LogP) is 1.25. The van der Waals surface area contributed by atoms with Gasteiger partial charge in [0.1, 0.15) is 0 Å². The fraction of sp³-hybridized carbons (Fsp3) is 0.579. The van der Waals surface area contributed by atoms with E-state index in [0.29, 0.717) is 31.7 Å². The number of aliphatic hydroxyl groups is 1. The molecule has 140 valence electrons. The van der Waals surface area contributed by atoms with Crippen molar-refractivity contribution >= 4 is 16.8 Å². The summed E-state index contributed by atoms with van der Waals surface area (Å²) in [5.74, 6) is -0.0573. The maximum Gasteiger partial charge on any atom is 0.274 e. The lowest BCUT2D eigenvalue weighted by Gasteiger charge is -2.35. The van der Waals surface area contributed by atoms with Crippen molar-refractivity contribution in [1.29, 1.82) is 0 Å². The number of rotatable bonds is 3. The Morgan fingerprint density at radius 3 is 2.85 bits per heavy atom. The fourth-order valence-corrected chi connectivity index (χ4v) is 3.99. The molecular weight excluding hydrogens is 332 g/mol. The van der Waals surface area contributed by atoms with Crippen LogP contribution in [0.4, 0.5) is 0 Å².